The van der Waals surface area contributed by atoms with Crippen LogP contribution in [0.15, 0.2) is 42.7 Å². The molecule has 2 rings (SSSR count). The summed E-state index contributed by atoms with van der Waals surface area (Å²) in [5.74, 6) is -0.527. The summed E-state index contributed by atoms with van der Waals surface area (Å²) in [4.78, 5) is 16.1. The monoisotopic (exact) mass is 303 g/mol. The van der Waals surface area contributed by atoms with E-state index in [0.29, 0.717) is 25.3 Å². The van der Waals surface area contributed by atoms with E-state index in [1.54, 1.807) is 31.5 Å². The zero-order chi connectivity index (χ0) is 15.8. The molecule has 0 spiro atoms. The topological polar surface area (TPSA) is 63.2 Å². The molecule has 6 heteroatoms. The predicted octanol–water partition coefficient (Wildman–Crippen LogP) is 2.21. The van der Waals surface area contributed by atoms with Crippen LogP contribution >= 0.6 is 0 Å². The van der Waals surface area contributed by atoms with Gasteiger partial charge in [-0.3, -0.25) is 9.78 Å². The number of pyridine rings is 1. The summed E-state index contributed by atoms with van der Waals surface area (Å²) in [5, 5.41) is 5.89. The van der Waals surface area contributed by atoms with Crippen molar-refractivity contribution in [1.82, 2.24) is 10.3 Å². The highest BCUT2D eigenvalue weighted by Gasteiger charge is 2.07. The second-order valence-electron chi connectivity index (χ2n) is 4.69. The molecule has 0 atom stereocenters. The highest BCUT2D eigenvalue weighted by molar-refractivity contribution is 5.94. The van der Waals surface area contributed by atoms with Crippen molar-refractivity contribution in [3.05, 3.63) is 59.7 Å². The maximum Gasteiger partial charge on any atom is 0.253 e. The lowest BCUT2D eigenvalue weighted by molar-refractivity contribution is 0.0950. The molecule has 1 amide bonds. The van der Waals surface area contributed by atoms with Crippen molar-refractivity contribution in [3.63, 3.8) is 0 Å². The zero-order valence-corrected chi connectivity index (χ0v) is 12.3. The molecular formula is C16H18FN3O2. The van der Waals surface area contributed by atoms with Gasteiger partial charge in [0, 0.05) is 32.6 Å². The molecule has 1 aromatic carbocycles. The summed E-state index contributed by atoms with van der Waals surface area (Å²) in [5.41, 5.74) is 2.05. The molecule has 2 N–H and O–H groups in total. The molecule has 0 saturated heterocycles. The Morgan fingerprint density at radius 1 is 1.27 bits per heavy atom. The van der Waals surface area contributed by atoms with Crippen molar-refractivity contribution in [1.29, 1.82) is 0 Å². The maximum absolute atomic E-state index is 12.8. The van der Waals surface area contributed by atoms with Crippen LogP contribution < -0.4 is 10.6 Å². The molecule has 0 bridgehead atoms. The normalized spacial score (nSPS) is 10.3. The molecule has 1 aromatic heterocycles. The van der Waals surface area contributed by atoms with Crippen molar-refractivity contribution >= 4 is 11.6 Å². The number of methoxy groups -OCH3 is 1. The first kappa shape index (κ1) is 15.9. The van der Waals surface area contributed by atoms with Gasteiger partial charge >= 0.3 is 0 Å². The van der Waals surface area contributed by atoms with E-state index in [1.165, 1.54) is 18.3 Å². The van der Waals surface area contributed by atoms with Gasteiger partial charge in [-0.25, -0.2) is 4.39 Å². The number of hydrogen-bond acceptors (Lipinski definition) is 4. The molecule has 116 valence electrons. The van der Waals surface area contributed by atoms with E-state index in [4.69, 9.17) is 4.74 Å². The molecule has 0 unspecified atom stereocenters. The number of aromatic nitrogens is 1. The quantitative estimate of drug-likeness (QED) is 0.770. The number of benzene rings is 1. The van der Waals surface area contributed by atoms with Crippen LogP contribution in [0.1, 0.15) is 15.9 Å². The first-order chi connectivity index (χ1) is 10.7. The number of carbonyl (C=O) groups is 1. The van der Waals surface area contributed by atoms with Gasteiger partial charge in [-0.2, -0.15) is 0 Å². The van der Waals surface area contributed by atoms with Crippen LogP contribution in [0.5, 0.6) is 0 Å². The lowest BCUT2D eigenvalue weighted by Crippen LogP contribution is -2.23. The minimum atomic E-state index is -0.297. The van der Waals surface area contributed by atoms with E-state index in [9.17, 15) is 9.18 Å². The van der Waals surface area contributed by atoms with Gasteiger partial charge in [0.25, 0.3) is 5.91 Å². The molecule has 22 heavy (non-hydrogen) atoms. The van der Waals surface area contributed by atoms with E-state index in [0.717, 1.165) is 11.3 Å². The number of halogens is 1. The van der Waals surface area contributed by atoms with Crippen molar-refractivity contribution in [3.8, 4) is 0 Å². The number of rotatable bonds is 7. The number of anilines is 1. The van der Waals surface area contributed by atoms with Crippen LogP contribution in [-0.2, 0) is 11.3 Å². The summed E-state index contributed by atoms with van der Waals surface area (Å²) in [7, 11) is 1.62. The largest absolute Gasteiger partial charge is 0.383 e. The van der Waals surface area contributed by atoms with Gasteiger partial charge in [-0.15, -0.1) is 0 Å². The fraction of sp³-hybridized carbons (Fsp3) is 0.250. The van der Waals surface area contributed by atoms with Crippen LogP contribution in [0.3, 0.4) is 0 Å². The second-order valence-corrected chi connectivity index (χ2v) is 4.69. The molecule has 0 aliphatic carbocycles. The number of amides is 1. The van der Waals surface area contributed by atoms with Crippen molar-refractivity contribution in [2.75, 3.05) is 25.6 Å². The average Bonchev–Trinajstić information content (AvgIpc) is 2.54. The van der Waals surface area contributed by atoms with Crippen LogP contribution in [0.2, 0.25) is 0 Å². The van der Waals surface area contributed by atoms with Crippen molar-refractivity contribution in [2.45, 2.75) is 6.54 Å². The first-order valence-corrected chi connectivity index (χ1v) is 6.89. The molecule has 0 saturated carbocycles. The zero-order valence-electron chi connectivity index (χ0n) is 12.3. The Labute approximate surface area is 128 Å². The lowest BCUT2D eigenvalue weighted by Gasteiger charge is -2.08. The Morgan fingerprint density at radius 3 is 2.77 bits per heavy atom. The van der Waals surface area contributed by atoms with Crippen LogP contribution in [0, 0.1) is 5.82 Å². The van der Waals surface area contributed by atoms with E-state index < -0.39 is 0 Å². The van der Waals surface area contributed by atoms with Crippen LogP contribution in [-0.4, -0.2) is 31.2 Å². The average molecular weight is 303 g/mol. The van der Waals surface area contributed by atoms with Crippen LogP contribution in [0.25, 0.3) is 0 Å². The molecule has 2 aromatic rings. The number of hydrogen-bond donors (Lipinski definition) is 2. The van der Waals surface area contributed by atoms with Crippen LogP contribution in [0.4, 0.5) is 10.1 Å². The highest BCUT2D eigenvalue weighted by Crippen LogP contribution is 2.09. The van der Waals surface area contributed by atoms with Crippen molar-refractivity contribution in [2.24, 2.45) is 0 Å². The van der Waals surface area contributed by atoms with Crippen molar-refractivity contribution < 1.29 is 13.9 Å². The smallest absolute Gasteiger partial charge is 0.253 e. The van der Waals surface area contributed by atoms with Gasteiger partial charge in [0.05, 0.1) is 17.9 Å². The maximum atomic E-state index is 12.8. The van der Waals surface area contributed by atoms with Gasteiger partial charge < -0.3 is 15.4 Å². The molecular weight excluding hydrogens is 285 g/mol. The molecule has 0 aliphatic rings. The molecule has 1 heterocycles. The third kappa shape index (κ3) is 4.82. The second kappa shape index (κ2) is 8.09. The third-order valence-electron chi connectivity index (χ3n) is 3.00. The Bertz CT molecular complexity index is 617. The Balaban J connectivity index is 1.91. The SMILES string of the molecule is COCCNc1cncc(C(=O)NCc2ccc(F)cc2)c1. The summed E-state index contributed by atoms with van der Waals surface area (Å²) in [6.07, 6.45) is 3.15. The van der Waals surface area contributed by atoms with E-state index in [-0.39, 0.29) is 11.7 Å². The molecule has 5 nitrogen and oxygen atoms in total. The molecule has 0 fully saturated rings. The molecule has 0 radical (unpaired) electrons. The first-order valence-electron chi connectivity index (χ1n) is 6.89. The fourth-order valence-electron chi connectivity index (χ4n) is 1.84. The minimum absolute atomic E-state index is 0.229. The van der Waals surface area contributed by atoms with Gasteiger partial charge in [0.1, 0.15) is 5.82 Å². The number of ether oxygens (including phenoxy) is 1. The third-order valence-corrected chi connectivity index (χ3v) is 3.00. The Kier molecular flexibility index (Phi) is 5.85. The number of nitrogens with zero attached hydrogens (tertiary/aromatic N) is 1. The van der Waals surface area contributed by atoms with Gasteiger partial charge in [0.2, 0.25) is 0 Å². The summed E-state index contributed by atoms with van der Waals surface area (Å²) < 4.78 is 17.8. The summed E-state index contributed by atoms with van der Waals surface area (Å²) >= 11 is 0. The highest BCUT2D eigenvalue weighted by atomic mass is 19.1. The summed E-state index contributed by atoms with van der Waals surface area (Å²) in [6, 6.07) is 7.72. The van der Waals surface area contributed by atoms with Gasteiger partial charge in [-0.05, 0) is 23.8 Å². The number of carbonyl (C=O) groups excluding carboxylic acids is 1. The summed E-state index contributed by atoms with van der Waals surface area (Å²) in [6.45, 7) is 1.54. The minimum Gasteiger partial charge on any atom is -0.383 e. The lowest BCUT2D eigenvalue weighted by atomic mass is 10.2. The van der Waals surface area contributed by atoms with E-state index in [2.05, 4.69) is 15.6 Å². The van der Waals surface area contributed by atoms with Gasteiger partial charge in [0.15, 0.2) is 0 Å². The Hall–Kier alpha value is -2.47. The van der Waals surface area contributed by atoms with Gasteiger partial charge in [-0.1, -0.05) is 12.1 Å². The predicted molar refractivity (Wildman–Crippen MR) is 82.2 cm³/mol. The number of nitrogens with one attached hydrogen (secondary N) is 2. The Morgan fingerprint density at radius 2 is 2.05 bits per heavy atom. The van der Waals surface area contributed by atoms with E-state index in [1.807, 2.05) is 0 Å². The molecule has 0 aliphatic heterocycles. The standard InChI is InChI=1S/C16H18FN3O2/c1-22-7-6-19-15-8-13(10-18-11-15)16(21)20-9-12-2-4-14(17)5-3-12/h2-5,8,10-11,19H,6-7,9H2,1H3,(H,20,21). The fourth-order valence-corrected chi connectivity index (χ4v) is 1.84. The van der Waals surface area contributed by atoms with E-state index >= 15 is 0 Å².